The van der Waals surface area contributed by atoms with E-state index < -0.39 is 4.92 Å². The van der Waals surface area contributed by atoms with Gasteiger partial charge in [-0.3, -0.25) is 10.1 Å². The van der Waals surface area contributed by atoms with E-state index in [-0.39, 0.29) is 5.69 Å². The Balaban J connectivity index is 3.08. The van der Waals surface area contributed by atoms with Gasteiger partial charge in [-0.2, -0.15) is 0 Å². The minimum atomic E-state index is -0.432. The number of nitro groups is 1. The molecule has 0 spiro atoms. The molecule has 1 rings (SSSR count). The molecule has 0 aliphatic heterocycles. The summed E-state index contributed by atoms with van der Waals surface area (Å²) in [5.41, 5.74) is 1.73. The lowest BCUT2D eigenvalue weighted by Gasteiger charge is -2.03. The SMILES string of the molecule is C=C(C)Cc1cc([N+](=O)[O-])ccc1Cl. The average Bonchev–Trinajstić information content (AvgIpc) is 2.07. The van der Waals surface area contributed by atoms with Gasteiger partial charge in [-0.25, -0.2) is 0 Å². The first-order valence-corrected chi connectivity index (χ1v) is 4.45. The summed E-state index contributed by atoms with van der Waals surface area (Å²) in [6.07, 6.45) is 0.570. The Bertz CT molecular complexity index is 388. The van der Waals surface area contributed by atoms with E-state index in [4.69, 9.17) is 11.6 Å². The number of rotatable bonds is 3. The first-order chi connectivity index (χ1) is 6.50. The number of hydrogen-bond acceptors (Lipinski definition) is 2. The molecule has 0 bridgehead atoms. The monoisotopic (exact) mass is 211 g/mol. The molecular weight excluding hydrogens is 202 g/mol. The molecular formula is C10H10ClNO2. The van der Waals surface area contributed by atoms with Gasteiger partial charge in [0.25, 0.3) is 5.69 Å². The predicted octanol–water partition coefficient (Wildman–Crippen LogP) is 3.37. The third-order valence-electron chi connectivity index (χ3n) is 1.73. The number of hydrogen-bond donors (Lipinski definition) is 0. The van der Waals surface area contributed by atoms with Crippen LogP contribution in [0.1, 0.15) is 12.5 Å². The minimum Gasteiger partial charge on any atom is -0.258 e. The zero-order chi connectivity index (χ0) is 10.7. The quantitative estimate of drug-likeness (QED) is 0.437. The second-order valence-corrected chi connectivity index (χ2v) is 3.57. The molecule has 0 saturated carbocycles. The first-order valence-electron chi connectivity index (χ1n) is 4.08. The Morgan fingerprint density at radius 3 is 2.79 bits per heavy atom. The van der Waals surface area contributed by atoms with Gasteiger partial charge in [0, 0.05) is 17.2 Å². The van der Waals surface area contributed by atoms with E-state index in [1.54, 1.807) is 0 Å². The topological polar surface area (TPSA) is 43.1 Å². The van der Waals surface area contributed by atoms with E-state index in [9.17, 15) is 10.1 Å². The molecule has 74 valence electrons. The van der Waals surface area contributed by atoms with Crippen LogP contribution in [0.4, 0.5) is 5.69 Å². The van der Waals surface area contributed by atoms with Gasteiger partial charge in [-0.15, -0.1) is 0 Å². The molecule has 0 fully saturated rings. The average molecular weight is 212 g/mol. The predicted molar refractivity (Wildman–Crippen MR) is 56.6 cm³/mol. The summed E-state index contributed by atoms with van der Waals surface area (Å²) in [5, 5.41) is 11.0. The van der Waals surface area contributed by atoms with Gasteiger partial charge < -0.3 is 0 Å². The Morgan fingerprint density at radius 1 is 1.64 bits per heavy atom. The van der Waals surface area contributed by atoms with Crippen molar-refractivity contribution >= 4 is 17.3 Å². The van der Waals surface area contributed by atoms with Crippen molar-refractivity contribution in [2.75, 3.05) is 0 Å². The highest BCUT2D eigenvalue weighted by molar-refractivity contribution is 6.31. The van der Waals surface area contributed by atoms with Crippen LogP contribution in [0.3, 0.4) is 0 Å². The van der Waals surface area contributed by atoms with Crippen LogP contribution >= 0.6 is 11.6 Å². The molecule has 1 aromatic rings. The Morgan fingerprint density at radius 2 is 2.29 bits per heavy atom. The van der Waals surface area contributed by atoms with Crippen LogP contribution in [0.2, 0.25) is 5.02 Å². The Hall–Kier alpha value is -1.35. The van der Waals surface area contributed by atoms with Crippen molar-refractivity contribution in [3.8, 4) is 0 Å². The standard InChI is InChI=1S/C10H10ClNO2/c1-7(2)5-8-6-9(12(13)14)3-4-10(8)11/h3-4,6H,1,5H2,2H3. The maximum Gasteiger partial charge on any atom is 0.269 e. The summed E-state index contributed by atoms with van der Waals surface area (Å²) < 4.78 is 0. The van der Waals surface area contributed by atoms with Crippen LogP contribution in [-0.2, 0) is 6.42 Å². The molecule has 0 unspecified atom stereocenters. The number of non-ortho nitro benzene ring substituents is 1. The van der Waals surface area contributed by atoms with Crippen LogP contribution in [-0.4, -0.2) is 4.92 Å². The van der Waals surface area contributed by atoms with E-state index in [1.165, 1.54) is 18.2 Å². The van der Waals surface area contributed by atoms with Crippen molar-refractivity contribution in [1.29, 1.82) is 0 Å². The van der Waals surface area contributed by atoms with Gasteiger partial charge >= 0.3 is 0 Å². The largest absolute Gasteiger partial charge is 0.269 e. The molecule has 0 atom stereocenters. The normalized spacial score (nSPS) is 9.86. The van der Waals surface area contributed by atoms with Crippen molar-refractivity contribution < 1.29 is 4.92 Å². The lowest BCUT2D eigenvalue weighted by atomic mass is 10.1. The first kappa shape index (κ1) is 10.7. The smallest absolute Gasteiger partial charge is 0.258 e. The maximum atomic E-state index is 10.5. The number of benzene rings is 1. The molecule has 0 aromatic heterocycles. The third kappa shape index (κ3) is 2.57. The summed E-state index contributed by atoms with van der Waals surface area (Å²) in [4.78, 5) is 10.1. The highest BCUT2D eigenvalue weighted by Gasteiger charge is 2.09. The van der Waals surface area contributed by atoms with E-state index in [2.05, 4.69) is 6.58 Å². The summed E-state index contributed by atoms with van der Waals surface area (Å²) in [7, 11) is 0. The number of nitrogens with zero attached hydrogens (tertiary/aromatic N) is 1. The second-order valence-electron chi connectivity index (χ2n) is 3.17. The molecule has 1 aromatic carbocycles. The molecule has 4 heteroatoms. The maximum absolute atomic E-state index is 10.5. The Labute approximate surface area is 87.2 Å². The number of allylic oxidation sites excluding steroid dienone is 1. The van der Waals surface area contributed by atoms with E-state index in [0.29, 0.717) is 11.4 Å². The van der Waals surface area contributed by atoms with Gasteiger partial charge in [-0.05, 0) is 25.0 Å². The van der Waals surface area contributed by atoms with Crippen molar-refractivity contribution in [3.05, 3.63) is 51.1 Å². The fraction of sp³-hybridized carbons (Fsp3) is 0.200. The lowest BCUT2D eigenvalue weighted by Crippen LogP contribution is -1.92. The zero-order valence-corrected chi connectivity index (χ0v) is 8.54. The van der Waals surface area contributed by atoms with Crippen LogP contribution < -0.4 is 0 Å². The summed E-state index contributed by atoms with van der Waals surface area (Å²) >= 11 is 5.88. The highest BCUT2D eigenvalue weighted by Crippen LogP contribution is 2.23. The van der Waals surface area contributed by atoms with Crippen molar-refractivity contribution in [3.63, 3.8) is 0 Å². The van der Waals surface area contributed by atoms with E-state index in [0.717, 1.165) is 11.1 Å². The summed E-state index contributed by atoms with van der Waals surface area (Å²) in [6, 6.07) is 4.42. The minimum absolute atomic E-state index is 0.0608. The number of nitro benzene ring substituents is 1. The fourth-order valence-electron chi connectivity index (χ4n) is 1.14. The summed E-state index contributed by atoms with van der Waals surface area (Å²) in [5.74, 6) is 0. The van der Waals surface area contributed by atoms with Crippen LogP contribution in [0.5, 0.6) is 0 Å². The third-order valence-corrected chi connectivity index (χ3v) is 2.10. The second kappa shape index (κ2) is 4.24. The van der Waals surface area contributed by atoms with Crippen LogP contribution in [0.25, 0.3) is 0 Å². The number of halogens is 1. The molecule has 0 amide bonds. The van der Waals surface area contributed by atoms with Gasteiger partial charge in [0.1, 0.15) is 0 Å². The highest BCUT2D eigenvalue weighted by atomic mass is 35.5. The van der Waals surface area contributed by atoms with E-state index in [1.807, 2.05) is 6.92 Å². The molecule has 0 radical (unpaired) electrons. The van der Waals surface area contributed by atoms with Gasteiger partial charge in [0.15, 0.2) is 0 Å². The van der Waals surface area contributed by atoms with Gasteiger partial charge in [0.2, 0.25) is 0 Å². The fourth-order valence-corrected chi connectivity index (χ4v) is 1.32. The van der Waals surface area contributed by atoms with Crippen molar-refractivity contribution in [2.24, 2.45) is 0 Å². The van der Waals surface area contributed by atoms with Crippen LogP contribution in [0, 0.1) is 10.1 Å². The lowest BCUT2D eigenvalue weighted by molar-refractivity contribution is -0.384. The molecule has 3 nitrogen and oxygen atoms in total. The molecule has 0 N–H and O–H groups in total. The molecule has 0 saturated heterocycles. The summed E-state index contributed by atoms with van der Waals surface area (Å²) in [6.45, 7) is 5.59. The van der Waals surface area contributed by atoms with E-state index >= 15 is 0 Å². The van der Waals surface area contributed by atoms with Gasteiger partial charge in [0.05, 0.1) is 4.92 Å². The molecule has 0 aliphatic rings. The molecule has 0 aliphatic carbocycles. The molecule has 14 heavy (non-hydrogen) atoms. The van der Waals surface area contributed by atoms with Gasteiger partial charge in [-0.1, -0.05) is 23.8 Å². The molecule has 0 heterocycles. The zero-order valence-electron chi connectivity index (χ0n) is 7.79. The van der Waals surface area contributed by atoms with Crippen molar-refractivity contribution in [1.82, 2.24) is 0 Å². The van der Waals surface area contributed by atoms with Crippen molar-refractivity contribution in [2.45, 2.75) is 13.3 Å². The Kier molecular flexibility index (Phi) is 3.25. The van der Waals surface area contributed by atoms with Crippen LogP contribution in [0.15, 0.2) is 30.4 Å².